The van der Waals surface area contributed by atoms with Gasteiger partial charge in [-0.05, 0) is 75.8 Å². The second-order valence-electron chi connectivity index (χ2n) is 6.95. The van der Waals surface area contributed by atoms with Crippen molar-refractivity contribution in [2.45, 2.75) is 52.5 Å². The highest BCUT2D eigenvalue weighted by atomic mass is 16.5. The van der Waals surface area contributed by atoms with Crippen LogP contribution in [0, 0.1) is 6.92 Å². The van der Waals surface area contributed by atoms with Crippen LogP contribution in [-0.4, -0.2) is 35.5 Å². The molecule has 1 N–H and O–H groups in total. The van der Waals surface area contributed by atoms with E-state index in [1.54, 1.807) is 0 Å². The molecule has 134 valence electrons. The molecular formula is C20H27N3O2. The molecule has 1 aliphatic carbocycles. The Bertz CT molecular complexity index is 707. The zero-order chi connectivity index (χ0) is 17.8. The number of nitrogens with zero attached hydrogens (tertiary/aromatic N) is 2. The molecule has 1 aromatic rings. The highest BCUT2D eigenvalue weighted by molar-refractivity contribution is 5.76. The molecule has 3 rings (SSSR count). The number of hydrogen-bond acceptors (Lipinski definition) is 5. The molecule has 0 saturated heterocycles. The van der Waals surface area contributed by atoms with Gasteiger partial charge in [0, 0.05) is 18.3 Å². The van der Waals surface area contributed by atoms with Gasteiger partial charge in [-0.1, -0.05) is 0 Å². The van der Waals surface area contributed by atoms with Crippen LogP contribution in [0.2, 0.25) is 0 Å². The summed E-state index contributed by atoms with van der Waals surface area (Å²) in [7, 11) is 0. The maximum atomic E-state index is 11.2. The molecule has 0 atom stereocenters. The number of carbonyl (C=O) groups excluding carboxylic acids is 1. The summed E-state index contributed by atoms with van der Waals surface area (Å²) in [5, 5.41) is 2.25. The first-order valence-electron chi connectivity index (χ1n) is 9.10. The number of ether oxygens (including phenoxy) is 1. The van der Waals surface area contributed by atoms with Crippen molar-refractivity contribution in [3.8, 4) is 5.75 Å². The van der Waals surface area contributed by atoms with Crippen LogP contribution in [-0.2, 0) is 0 Å². The van der Waals surface area contributed by atoms with Crippen molar-refractivity contribution in [3.63, 3.8) is 0 Å². The standard InChI is InChI=1S/C20H27N3O2/c1-14(2)23-19(10-11-21-23)17-7-5-4-6-16(17)13-25-20-9-8-15(3)22-18(20)12-24/h8-10,12,14,21H,4-7,11,13H2,1-3H3. The molecule has 0 spiro atoms. The number of hydrogen-bond donors (Lipinski definition) is 1. The summed E-state index contributed by atoms with van der Waals surface area (Å²) < 4.78 is 5.99. The largest absolute Gasteiger partial charge is 0.487 e. The van der Waals surface area contributed by atoms with Gasteiger partial charge in [-0.15, -0.1) is 0 Å². The fourth-order valence-electron chi connectivity index (χ4n) is 3.53. The summed E-state index contributed by atoms with van der Waals surface area (Å²) in [6, 6.07) is 4.13. The zero-order valence-electron chi connectivity index (χ0n) is 15.3. The monoisotopic (exact) mass is 341 g/mol. The van der Waals surface area contributed by atoms with E-state index in [-0.39, 0.29) is 0 Å². The third kappa shape index (κ3) is 3.93. The average molecular weight is 341 g/mol. The number of nitrogens with one attached hydrogen (secondary N) is 1. The maximum absolute atomic E-state index is 11.2. The average Bonchev–Trinajstić information content (AvgIpc) is 3.10. The number of rotatable bonds is 6. The van der Waals surface area contributed by atoms with E-state index in [9.17, 15) is 4.79 Å². The van der Waals surface area contributed by atoms with Crippen LogP contribution in [0.25, 0.3) is 0 Å². The summed E-state index contributed by atoms with van der Waals surface area (Å²) in [6.45, 7) is 7.66. The maximum Gasteiger partial charge on any atom is 0.172 e. The number of aldehydes is 1. The molecule has 0 fully saturated rings. The van der Waals surface area contributed by atoms with E-state index < -0.39 is 0 Å². The van der Waals surface area contributed by atoms with Crippen LogP contribution in [0.4, 0.5) is 0 Å². The molecule has 1 aromatic heterocycles. The number of aryl methyl sites for hydroxylation is 1. The summed E-state index contributed by atoms with van der Waals surface area (Å²) in [4.78, 5) is 15.5. The van der Waals surface area contributed by atoms with Crippen LogP contribution in [0.1, 0.15) is 55.7 Å². The Morgan fingerprint density at radius 1 is 1.32 bits per heavy atom. The lowest BCUT2D eigenvalue weighted by atomic mass is 9.89. The lowest BCUT2D eigenvalue weighted by molar-refractivity contribution is 0.111. The molecule has 25 heavy (non-hydrogen) atoms. The third-order valence-electron chi connectivity index (χ3n) is 4.76. The smallest absolute Gasteiger partial charge is 0.172 e. The highest BCUT2D eigenvalue weighted by Gasteiger charge is 2.25. The minimum absolute atomic E-state index is 0.378. The second-order valence-corrected chi connectivity index (χ2v) is 6.95. The van der Waals surface area contributed by atoms with E-state index in [1.807, 2.05) is 19.1 Å². The van der Waals surface area contributed by atoms with Gasteiger partial charge in [-0.2, -0.15) is 0 Å². The highest BCUT2D eigenvalue weighted by Crippen LogP contribution is 2.33. The van der Waals surface area contributed by atoms with Gasteiger partial charge in [-0.3, -0.25) is 4.79 Å². The minimum atomic E-state index is 0.378. The normalized spacial score (nSPS) is 17.9. The SMILES string of the molecule is Cc1ccc(OCC2=C(C3=CCNN3C(C)C)CCCC2)c(C=O)n1. The molecule has 0 aromatic carbocycles. The first-order chi connectivity index (χ1) is 12.1. The van der Waals surface area contributed by atoms with Crippen LogP contribution < -0.4 is 10.2 Å². The molecule has 0 bridgehead atoms. The summed E-state index contributed by atoms with van der Waals surface area (Å²) in [6.07, 6.45) is 7.58. The van der Waals surface area contributed by atoms with Crippen molar-refractivity contribution in [1.82, 2.24) is 15.4 Å². The first-order valence-corrected chi connectivity index (χ1v) is 9.10. The Morgan fingerprint density at radius 3 is 2.88 bits per heavy atom. The summed E-state index contributed by atoms with van der Waals surface area (Å²) in [5.41, 5.74) is 8.67. The lowest BCUT2D eigenvalue weighted by Crippen LogP contribution is -2.38. The molecule has 5 nitrogen and oxygen atoms in total. The van der Waals surface area contributed by atoms with Crippen molar-refractivity contribution in [2.24, 2.45) is 0 Å². The van der Waals surface area contributed by atoms with Gasteiger partial charge < -0.3 is 9.75 Å². The summed E-state index contributed by atoms with van der Waals surface area (Å²) >= 11 is 0. The number of carbonyl (C=O) groups is 1. The Labute approximate surface area is 149 Å². The molecule has 0 saturated carbocycles. The van der Waals surface area contributed by atoms with Gasteiger partial charge in [0.1, 0.15) is 18.1 Å². The Morgan fingerprint density at radius 2 is 2.12 bits per heavy atom. The molecule has 2 heterocycles. The predicted molar refractivity (Wildman–Crippen MR) is 98.4 cm³/mol. The van der Waals surface area contributed by atoms with Gasteiger partial charge in [0.15, 0.2) is 6.29 Å². The molecule has 2 aliphatic rings. The van der Waals surface area contributed by atoms with Gasteiger partial charge >= 0.3 is 0 Å². The number of aromatic nitrogens is 1. The first kappa shape index (κ1) is 17.7. The summed E-state index contributed by atoms with van der Waals surface area (Å²) in [5.74, 6) is 0.567. The van der Waals surface area contributed by atoms with Crippen LogP contribution in [0.5, 0.6) is 5.75 Å². The van der Waals surface area contributed by atoms with Crippen LogP contribution >= 0.6 is 0 Å². The molecule has 0 radical (unpaired) electrons. The quantitative estimate of drug-likeness (QED) is 0.802. The number of hydrazine groups is 1. The fourth-order valence-corrected chi connectivity index (χ4v) is 3.53. The van der Waals surface area contributed by atoms with Crippen molar-refractivity contribution in [2.75, 3.05) is 13.2 Å². The zero-order valence-corrected chi connectivity index (χ0v) is 15.3. The molecule has 5 heteroatoms. The topological polar surface area (TPSA) is 54.5 Å². The van der Waals surface area contributed by atoms with E-state index in [2.05, 4.69) is 35.3 Å². The number of pyridine rings is 1. The Hall–Kier alpha value is -2.14. The fraction of sp³-hybridized carbons (Fsp3) is 0.500. The van der Waals surface area contributed by atoms with Crippen LogP contribution in [0.15, 0.2) is 35.1 Å². The van der Waals surface area contributed by atoms with E-state index >= 15 is 0 Å². The third-order valence-corrected chi connectivity index (χ3v) is 4.76. The van der Waals surface area contributed by atoms with Crippen molar-refractivity contribution in [1.29, 1.82) is 0 Å². The second kappa shape index (κ2) is 7.83. The molecule has 0 amide bonds. The molecule has 0 unspecified atom stereocenters. The van der Waals surface area contributed by atoms with E-state index in [0.717, 1.165) is 31.4 Å². The van der Waals surface area contributed by atoms with Gasteiger partial charge in [-0.25, -0.2) is 10.4 Å². The van der Waals surface area contributed by atoms with Crippen molar-refractivity contribution >= 4 is 6.29 Å². The van der Waals surface area contributed by atoms with Crippen LogP contribution in [0.3, 0.4) is 0 Å². The van der Waals surface area contributed by atoms with Gasteiger partial charge in [0.2, 0.25) is 0 Å². The number of allylic oxidation sites excluding steroid dienone is 1. The predicted octanol–water partition coefficient (Wildman–Crippen LogP) is 3.56. The van der Waals surface area contributed by atoms with Gasteiger partial charge in [0.25, 0.3) is 0 Å². The Kier molecular flexibility index (Phi) is 5.53. The molecular weight excluding hydrogens is 314 g/mol. The van der Waals surface area contributed by atoms with Gasteiger partial charge in [0.05, 0.1) is 5.70 Å². The Balaban J connectivity index is 1.81. The minimum Gasteiger partial charge on any atom is -0.487 e. The van der Waals surface area contributed by atoms with E-state index in [0.29, 0.717) is 24.1 Å². The van der Waals surface area contributed by atoms with Crippen molar-refractivity contribution in [3.05, 3.63) is 46.4 Å². The lowest BCUT2D eigenvalue weighted by Gasteiger charge is -2.31. The van der Waals surface area contributed by atoms with Crippen molar-refractivity contribution < 1.29 is 9.53 Å². The van der Waals surface area contributed by atoms with E-state index in [1.165, 1.54) is 29.7 Å². The van der Waals surface area contributed by atoms with E-state index in [4.69, 9.17) is 4.74 Å². The molecule has 1 aliphatic heterocycles.